The number of hydrogen-bond donors (Lipinski definition) is 0. The predicted molar refractivity (Wildman–Crippen MR) is 52.9 cm³/mol. The van der Waals surface area contributed by atoms with Crippen molar-refractivity contribution in [2.75, 3.05) is 26.2 Å². The largest absolute Gasteiger partial charge is 1.00 e. The average molecular weight is 265 g/mol. The van der Waals surface area contributed by atoms with Crippen LogP contribution in [-0.2, 0) is 10.4 Å². The van der Waals surface area contributed by atoms with Gasteiger partial charge in [0.05, 0.1) is 26.2 Å². The molecule has 0 atom stereocenters. The summed E-state index contributed by atoms with van der Waals surface area (Å²) in [5.41, 5.74) is 0. The van der Waals surface area contributed by atoms with Crippen molar-refractivity contribution in [3.05, 3.63) is 0 Å². The molecule has 88 valence electrons. The van der Waals surface area contributed by atoms with Crippen molar-refractivity contribution >= 4 is 10.4 Å². The molecule has 0 aromatic heterocycles. The third-order valence-electron chi connectivity index (χ3n) is 2.68. The zero-order valence-corrected chi connectivity index (χ0v) is 14.3. The quantitative estimate of drug-likeness (QED) is 0.245. The standard InChI is InChI=1S/C8H20N.K.H2O4S/c1-5-9(6-2,7-3)8-4;;1-5(2,3)4/h5-8H2,1-4H3;;(H2,1,2,3,4)/q2*+1;/p-2. The van der Waals surface area contributed by atoms with Crippen LogP contribution < -0.4 is 51.4 Å². The van der Waals surface area contributed by atoms with Gasteiger partial charge in [-0.1, -0.05) is 0 Å². The summed E-state index contributed by atoms with van der Waals surface area (Å²) in [6.45, 7) is 14.2. The molecule has 5 nitrogen and oxygen atoms in total. The van der Waals surface area contributed by atoms with Crippen molar-refractivity contribution in [1.82, 2.24) is 0 Å². The van der Waals surface area contributed by atoms with Crippen LogP contribution in [0, 0.1) is 0 Å². The Morgan fingerprint density at radius 1 is 0.867 bits per heavy atom. The Labute approximate surface area is 136 Å². The molecular weight excluding hydrogens is 245 g/mol. The summed E-state index contributed by atoms with van der Waals surface area (Å²) in [4.78, 5) is 0. The van der Waals surface area contributed by atoms with E-state index in [4.69, 9.17) is 17.5 Å². The number of nitrogens with zero attached hydrogens (tertiary/aromatic N) is 1. The maximum Gasteiger partial charge on any atom is 1.00 e. The first-order chi connectivity index (χ1) is 6.24. The van der Waals surface area contributed by atoms with E-state index in [1.54, 1.807) is 0 Å². The van der Waals surface area contributed by atoms with Crippen molar-refractivity contribution in [2.45, 2.75) is 27.7 Å². The van der Waals surface area contributed by atoms with E-state index in [9.17, 15) is 0 Å². The minimum absolute atomic E-state index is 0. The summed E-state index contributed by atoms with van der Waals surface area (Å²) in [5, 5.41) is 0. The van der Waals surface area contributed by atoms with Crippen LogP contribution >= 0.6 is 0 Å². The van der Waals surface area contributed by atoms with E-state index in [-0.39, 0.29) is 51.4 Å². The summed E-state index contributed by atoms with van der Waals surface area (Å²) in [6, 6.07) is 0. The summed E-state index contributed by atoms with van der Waals surface area (Å²) in [6.07, 6.45) is 0. The van der Waals surface area contributed by atoms with Crippen molar-refractivity contribution < 1.29 is 73.4 Å². The minimum atomic E-state index is -5.17. The Balaban J connectivity index is -0.000000208. The molecule has 7 heteroatoms. The summed E-state index contributed by atoms with van der Waals surface area (Å²) >= 11 is 0. The van der Waals surface area contributed by atoms with Gasteiger partial charge in [0, 0.05) is 10.4 Å². The van der Waals surface area contributed by atoms with E-state index in [0.29, 0.717) is 0 Å². The zero-order valence-electron chi connectivity index (χ0n) is 10.3. The molecule has 0 aliphatic carbocycles. The van der Waals surface area contributed by atoms with Crippen LogP contribution in [0.15, 0.2) is 0 Å². The van der Waals surface area contributed by atoms with Gasteiger partial charge in [0.25, 0.3) is 0 Å². The topological polar surface area (TPSA) is 80.3 Å². The van der Waals surface area contributed by atoms with Crippen LogP contribution in [-0.4, -0.2) is 48.2 Å². The summed E-state index contributed by atoms with van der Waals surface area (Å²) < 4.78 is 35.4. The van der Waals surface area contributed by atoms with E-state index in [1.807, 2.05) is 0 Å². The molecule has 0 heterocycles. The van der Waals surface area contributed by atoms with E-state index < -0.39 is 10.4 Å². The monoisotopic (exact) mass is 265 g/mol. The molecule has 15 heavy (non-hydrogen) atoms. The van der Waals surface area contributed by atoms with E-state index in [1.165, 1.54) is 30.7 Å². The zero-order chi connectivity index (χ0) is 11.8. The van der Waals surface area contributed by atoms with E-state index in [0.717, 1.165) is 0 Å². The molecule has 0 fully saturated rings. The van der Waals surface area contributed by atoms with Crippen molar-refractivity contribution in [2.24, 2.45) is 0 Å². The molecule has 0 unspecified atom stereocenters. The second-order valence-electron chi connectivity index (χ2n) is 3.01. The summed E-state index contributed by atoms with van der Waals surface area (Å²) in [7, 11) is -5.17. The van der Waals surface area contributed by atoms with Crippen molar-refractivity contribution in [1.29, 1.82) is 0 Å². The molecule has 0 saturated carbocycles. The Morgan fingerprint density at radius 3 is 1.00 bits per heavy atom. The molecule has 0 N–H and O–H groups in total. The van der Waals surface area contributed by atoms with Gasteiger partial charge in [0.15, 0.2) is 0 Å². The normalized spacial score (nSPS) is 11.1. The molecule has 0 radical (unpaired) electrons. The maximum absolute atomic E-state index is 8.52. The second kappa shape index (κ2) is 10.6. The van der Waals surface area contributed by atoms with Crippen LogP contribution in [0.3, 0.4) is 0 Å². The van der Waals surface area contributed by atoms with Gasteiger partial charge in [-0.2, -0.15) is 0 Å². The molecule has 0 saturated heterocycles. The summed E-state index contributed by atoms with van der Waals surface area (Å²) in [5.74, 6) is 0. The Bertz CT molecular complexity index is 201. The van der Waals surface area contributed by atoms with Gasteiger partial charge in [-0.3, -0.25) is 8.42 Å². The van der Waals surface area contributed by atoms with Gasteiger partial charge in [-0.25, -0.2) is 0 Å². The Kier molecular flexibility index (Phi) is 15.4. The van der Waals surface area contributed by atoms with Crippen LogP contribution in [0.5, 0.6) is 0 Å². The Morgan fingerprint density at radius 2 is 1.00 bits per heavy atom. The van der Waals surface area contributed by atoms with Crippen molar-refractivity contribution in [3.63, 3.8) is 0 Å². The van der Waals surface area contributed by atoms with Crippen LogP contribution in [0.2, 0.25) is 0 Å². The third kappa shape index (κ3) is 15.5. The fraction of sp³-hybridized carbons (Fsp3) is 1.00. The fourth-order valence-corrected chi connectivity index (χ4v) is 1.34. The van der Waals surface area contributed by atoms with Gasteiger partial charge < -0.3 is 13.6 Å². The first-order valence-electron chi connectivity index (χ1n) is 4.76. The fourth-order valence-electron chi connectivity index (χ4n) is 1.34. The van der Waals surface area contributed by atoms with Gasteiger partial charge in [0.1, 0.15) is 0 Å². The SMILES string of the molecule is CC[N+](CC)(CC)CC.O=S(=O)([O-])[O-].[K+]. The second-order valence-corrected chi connectivity index (χ2v) is 3.83. The molecule has 0 aromatic carbocycles. The number of hydrogen-bond acceptors (Lipinski definition) is 4. The Hall–Kier alpha value is 1.47. The molecule has 0 aromatic rings. The van der Waals surface area contributed by atoms with Crippen LogP contribution in [0.1, 0.15) is 27.7 Å². The van der Waals surface area contributed by atoms with Crippen LogP contribution in [0.25, 0.3) is 0 Å². The molecular formula is C8H20KNO4S. The molecule has 0 bridgehead atoms. The van der Waals surface area contributed by atoms with Gasteiger partial charge in [0.2, 0.25) is 0 Å². The predicted octanol–water partition coefficient (Wildman–Crippen LogP) is -2.45. The number of quaternary nitrogens is 1. The minimum Gasteiger partial charge on any atom is -0.759 e. The molecule has 0 rings (SSSR count). The molecule has 0 spiro atoms. The van der Waals surface area contributed by atoms with Crippen molar-refractivity contribution in [3.8, 4) is 0 Å². The first-order valence-corrected chi connectivity index (χ1v) is 6.09. The van der Waals surface area contributed by atoms with Gasteiger partial charge >= 0.3 is 51.4 Å². The smallest absolute Gasteiger partial charge is 0.759 e. The van der Waals surface area contributed by atoms with Gasteiger partial charge in [-0.05, 0) is 27.7 Å². The molecule has 0 aliphatic heterocycles. The average Bonchev–Trinajstić information content (AvgIpc) is 2.07. The van der Waals surface area contributed by atoms with E-state index in [2.05, 4.69) is 27.7 Å². The molecule has 0 aliphatic rings. The van der Waals surface area contributed by atoms with Gasteiger partial charge in [-0.15, -0.1) is 0 Å². The van der Waals surface area contributed by atoms with E-state index >= 15 is 0 Å². The molecule has 0 amide bonds. The third-order valence-corrected chi connectivity index (χ3v) is 2.68. The van der Waals surface area contributed by atoms with Crippen LogP contribution in [0.4, 0.5) is 0 Å². The first kappa shape index (κ1) is 21.7. The maximum atomic E-state index is 8.52. The number of rotatable bonds is 4.